The Hall–Kier alpha value is -3.32. The number of ether oxygens (including phenoxy) is 2. The first kappa shape index (κ1) is 20.9. The number of nitrogens with one attached hydrogen (secondary N) is 2. The monoisotopic (exact) mass is 421 g/mol. The molecule has 7 nitrogen and oxygen atoms in total. The molecule has 2 aromatic carbocycles. The number of para-hydroxylation sites is 1. The highest BCUT2D eigenvalue weighted by atomic mass is 16.5. The number of carbonyl (C=O) groups is 2. The van der Waals surface area contributed by atoms with Gasteiger partial charge in [0.25, 0.3) is 11.8 Å². The number of benzene rings is 2. The van der Waals surface area contributed by atoms with E-state index in [9.17, 15) is 9.59 Å². The maximum atomic E-state index is 12.5. The van der Waals surface area contributed by atoms with E-state index in [1.54, 1.807) is 31.4 Å². The number of hydrogen-bond acceptors (Lipinski definition) is 5. The van der Waals surface area contributed by atoms with Gasteiger partial charge in [-0.3, -0.25) is 9.59 Å². The summed E-state index contributed by atoms with van der Waals surface area (Å²) in [6, 6.07) is 12.4. The Morgan fingerprint density at radius 3 is 2.81 bits per heavy atom. The molecule has 2 aliphatic rings. The Morgan fingerprint density at radius 1 is 1.19 bits per heavy atom. The van der Waals surface area contributed by atoms with Crippen molar-refractivity contribution in [3.8, 4) is 11.5 Å². The Labute approximate surface area is 182 Å². The van der Waals surface area contributed by atoms with Gasteiger partial charge in [-0.2, -0.15) is 0 Å². The van der Waals surface area contributed by atoms with Crippen LogP contribution in [0.1, 0.15) is 35.2 Å². The van der Waals surface area contributed by atoms with Gasteiger partial charge in [-0.15, -0.1) is 0 Å². The number of piperidine rings is 1. The van der Waals surface area contributed by atoms with Crippen molar-refractivity contribution >= 4 is 23.6 Å². The molecule has 1 saturated heterocycles. The van der Waals surface area contributed by atoms with E-state index < -0.39 is 0 Å². The van der Waals surface area contributed by atoms with E-state index in [0.717, 1.165) is 25.2 Å². The standard InChI is InChI=1S/C24H27N3O4/c1-30-20-8-4-3-7-17(20)16-22-24(29)26-19-15-18(9-10-21(19)31-22)23(28)25-11-14-27-12-5-2-6-13-27/h3-4,7-10,15-16H,2,5-6,11-14H2,1H3,(H,25,28)(H,26,29)/b22-16-. The van der Waals surface area contributed by atoms with Gasteiger partial charge in [0.1, 0.15) is 5.75 Å². The summed E-state index contributed by atoms with van der Waals surface area (Å²) in [5.41, 5.74) is 1.70. The SMILES string of the molecule is COc1ccccc1/C=C1\Oc2ccc(C(=O)NCCN3CCCCC3)cc2NC1=O. The quantitative estimate of drug-likeness (QED) is 0.700. The van der Waals surface area contributed by atoms with Crippen molar-refractivity contribution in [2.75, 3.05) is 38.6 Å². The average Bonchev–Trinajstić information content (AvgIpc) is 2.80. The molecule has 0 bridgehead atoms. The van der Waals surface area contributed by atoms with Gasteiger partial charge in [0.05, 0.1) is 12.8 Å². The predicted octanol–water partition coefficient (Wildman–Crippen LogP) is 3.28. The van der Waals surface area contributed by atoms with Gasteiger partial charge < -0.3 is 25.0 Å². The lowest BCUT2D eigenvalue weighted by Gasteiger charge is -2.26. The molecule has 2 N–H and O–H groups in total. The first-order valence-corrected chi connectivity index (χ1v) is 10.6. The van der Waals surface area contributed by atoms with Crippen molar-refractivity contribution in [3.63, 3.8) is 0 Å². The fourth-order valence-electron chi connectivity index (χ4n) is 3.84. The Bertz CT molecular complexity index is 996. The van der Waals surface area contributed by atoms with Crippen LogP contribution in [0.25, 0.3) is 6.08 Å². The zero-order valence-electron chi connectivity index (χ0n) is 17.6. The smallest absolute Gasteiger partial charge is 0.291 e. The minimum atomic E-state index is -0.374. The van der Waals surface area contributed by atoms with Crippen LogP contribution in [0.2, 0.25) is 0 Å². The molecule has 0 aromatic heterocycles. The number of methoxy groups -OCH3 is 1. The fourth-order valence-corrected chi connectivity index (χ4v) is 3.84. The molecule has 0 spiro atoms. The molecule has 2 heterocycles. The molecule has 162 valence electrons. The van der Waals surface area contributed by atoms with Crippen molar-refractivity contribution < 1.29 is 19.1 Å². The van der Waals surface area contributed by atoms with E-state index in [2.05, 4.69) is 15.5 Å². The summed E-state index contributed by atoms with van der Waals surface area (Å²) >= 11 is 0. The summed E-state index contributed by atoms with van der Waals surface area (Å²) in [5.74, 6) is 0.764. The number of anilines is 1. The normalized spacial score (nSPS) is 17.5. The molecular weight excluding hydrogens is 394 g/mol. The molecule has 0 saturated carbocycles. The Kier molecular flexibility index (Phi) is 6.52. The molecule has 2 aromatic rings. The maximum Gasteiger partial charge on any atom is 0.291 e. The summed E-state index contributed by atoms with van der Waals surface area (Å²) in [7, 11) is 1.58. The number of fused-ring (bicyclic) bond motifs is 1. The zero-order chi connectivity index (χ0) is 21.6. The number of nitrogens with zero attached hydrogens (tertiary/aromatic N) is 1. The van der Waals surface area contributed by atoms with Crippen LogP contribution in [0, 0.1) is 0 Å². The second-order valence-corrected chi connectivity index (χ2v) is 7.68. The van der Waals surface area contributed by atoms with Crippen LogP contribution >= 0.6 is 0 Å². The van der Waals surface area contributed by atoms with E-state index >= 15 is 0 Å². The zero-order valence-corrected chi connectivity index (χ0v) is 17.6. The number of hydrogen-bond donors (Lipinski definition) is 2. The molecule has 1 fully saturated rings. The van der Waals surface area contributed by atoms with Crippen LogP contribution < -0.4 is 20.1 Å². The van der Waals surface area contributed by atoms with Crippen LogP contribution in [0.4, 0.5) is 5.69 Å². The van der Waals surface area contributed by atoms with Gasteiger partial charge in [-0.25, -0.2) is 0 Å². The topological polar surface area (TPSA) is 79.9 Å². The first-order valence-electron chi connectivity index (χ1n) is 10.6. The van der Waals surface area contributed by atoms with Gasteiger partial charge in [0.15, 0.2) is 11.5 Å². The van der Waals surface area contributed by atoms with E-state index in [1.807, 2.05) is 24.3 Å². The van der Waals surface area contributed by atoms with E-state index in [-0.39, 0.29) is 17.6 Å². The second-order valence-electron chi connectivity index (χ2n) is 7.68. The van der Waals surface area contributed by atoms with Crippen molar-refractivity contribution in [3.05, 3.63) is 59.4 Å². The highest BCUT2D eigenvalue weighted by Gasteiger charge is 2.23. The van der Waals surface area contributed by atoms with Crippen LogP contribution in [-0.4, -0.2) is 50.0 Å². The van der Waals surface area contributed by atoms with Crippen LogP contribution in [0.5, 0.6) is 11.5 Å². The van der Waals surface area contributed by atoms with Crippen LogP contribution in [0.15, 0.2) is 48.2 Å². The largest absolute Gasteiger partial charge is 0.496 e. The van der Waals surface area contributed by atoms with Gasteiger partial charge in [0.2, 0.25) is 0 Å². The summed E-state index contributed by atoms with van der Waals surface area (Å²) in [5, 5.41) is 5.77. The van der Waals surface area contributed by atoms with Crippen molar-refractivity contribution in [2.45, 2.75) is 19.3 Å². The third-order valence-electron chi connectivity index (χ3n) is 5.52. The molecule has 0 atom stereocenters. The van der Waals surface area contributed by atoms with Crippen LogP contribution in [0.3, 0.4) is 0 Å². The first-order chi connectivity index (χ1) is 15.1. The lowest BCUT2D eigenvalue weighted by Crippen LogP contribution is -2.37. The highest BCUT2D eigenvalue weighted by Crippen LogP contribution is 2.33. The summed E-state index contributed by atoms with van der Waals surface area (Å²) < 4.78 is 11.1. The lowest BCUT2D eigenvalue weighted by molar-refractivity contribution is -0.115. The number of carbonyl (C=O) groups excluding carboxylic acids is 2. The average molecular weight is 421 g/mol. The van der Waals surface area contributed by atoms with Crippen LogP contribution in [-0.2, 0) is 4.79 Å². The molecule has 31 heavy (non-hydrogen) atoms. The summed E-state index contributed by atoms with van der Waals surface area (Å²) in [4.78, 5) is 27.4. The molecule has 4 rings (SSSR count). The molecule has 2 aliphatic heterocycles. The minimum Gasteiger partial charge on any atom is -0.496 e. The van der Waals surface area contributed by atoms with E-state index in [4.69, 9.17) is 9.47 Å². The van der Waals surface area contributed by atoms with Gasteiger partial charge in [-0.1, -0.05) is 24.6 Å². The molecular formula is C24H27N3O4. The Balaban J connectivity index is 1.41. The maximum absolute atomic E-state index is 12.5. The molecule has 0 radical (unpaired) electrons. The van der Waals surface area contributed by atoms with E-state index in [0.29, 0.717) is 29.3 Å². The fraction of sp³-hybridized carbons (Fsp3) is 0.333. The third kappa shape index (κ3) is 5.06. The highest BCUT2D eigenvalue weighted by molar-refractivity contribution is 6.09. The molecule has 0 unspecified atom stereocenters. The number of rotatable bonds is 6. The number of likely N-dealkylation sites (tertiary alicyclic amines) is 1. The Morgan fingerprint density at radius 2 is 2.00 bits per heavy atom. The van der Waals surface area contributed by atoms with Gasteiger partial charge >= 0.3 is 0 Å². The van der Waals surface area contributed by atoms with Crippen molar-refractivity contribution in [2.24, 2.45) is 0 Å². The summed E-state index contributed by atoms with van der Waals surface area (Å²) in [6.45, 7) is 3.66. The van der Waals surface area contributed by atoms with Gasteiger partial charge in [0, 0.05) is 24.2 Å². The lowest BCUT2D eigenvalue weighted by atomic mass is 10.1. The third-order valence-corrected chi connectivity index (χ3v) is 5.52. The second kappa shape index (κ2) is 9.66. The van der Waals surface area contributed by atoms with E-state index in [1.165, 1.54) is 19.3 Å². The summed E-state index contributed by atoms with van der Waals surface area (Å²) in [6.07, 6.45) is 5.39. The molecule has 2 amide bonds. The van der Waals surface area contributed by atoms with Crippen molar-refractivity contribution in [1.82, 2.24) is 10.2 Å². The number of amides is 2. The van der Waals surface area contributed by atoms with Gasteiger partial charge in [-0.05, 0) is 56.3 Å². The predicted molar refractivity (Wildman–Crippen MR) is 119 cm³/mol. The minimum absolute atomic E-state index is 0.163. The van der Waals surface area contributed by atoms with Crippen molar-refractivity contribution in [1.29, 1.82) is 0 Å². The molecule has 0 aliphatic carbocycles. The molecule has 7 heteroatoms.